The molecule has 1 aliphatic rings. The van der Waals surface area contributed by atoms with Crippen LogP contribution >= 0.6 is 15.9 Å². The maximum absolute atomic E-state index is 10.9. The van der Waals surface area contributed by atoms with Crippen molar-refractivity contribution in [2.24, 2.45) is 5.73 Å². The molecule has 2 rings (SSSR count). The second-order valence-electron chi connectivity index (χ2n) is 3.98. The Kier molecular flexibility index (Phi) is 3.09. The van der Waals surface area contributed by atoms with Crippen molar-refractivity contribution in [1.82, 2.24) is 9.97 Å². The van der Waals surface area contributed by atoms with Gasteiger partial charge in [-0.05, 0) is 35.7 Å². The van der Waals surface area contributed by atoms with Crippen LogP contribution in [0.25, 0.3) is 0 Å². The first kappa shape index (κ1) is 11.3. The van der Waals surface area contributed by atoms with E-state index in [1.54, 1.807) is 13.0 Å². The second kappa shape index (κ2) is 4.37. The van der Waals surface area contributed by atoms with Crippen LogP contribution in [0.3, 0.4) is 0 Å². The predicted octanol–water partition coefficient (Wildman–Crippen LogP) is 1.40. The summed E-state index contributed by atoms with van der Waals surface area (Å²) < 4.78 is 0.726. The molecule has 1 aromatic rings. The smallest absolute Gasteiger partial charge is 0.239 e. The van der Waals surface area contributed by atoms with Gasteiger partial charge < -0.3 is 11.1 Å². The van der Waals surface area contributed by atoms with Gasteiger partial charge in [0.05, 0.1) is 0 Å². The molecule has 0 radical (unpaired) electrons. The summed E-state index contributed by atoms with van der Waals surface area (Å²) in [5.41, 5.74) is 5.18. The van der Waals surface area contributed by atoms with Gasteiger partial charge in [0.1, 0.15) is 22.3 Å². The molecule has 0 spiro atoms. The lowest BCUT2D eigenvalue weighted by Gasteiger charge is -2.11. The fourth-order valence-corrected chi connectivity index (χ4v) is 1.72. The largest absolute Gasteiger partial charge is 0.368 e. The highest BCUT2D eigenvalue weighted by Crippen LogP contribution is 2.38. The van der Waals surface area contributed by atoms with Gasteiger partial charge in [0.25, 0.3) is 0 Å². The lowest BCUT2D eigenvalue weighted by atomic mass is 10.3. The zero-order chi connectivity index (χ0) is 11.7. The number of amides is 1. The number of nitrogens with zero attached hydrogens (tertiary/aromatic N) is 2. The van der Waals surface area contributed by atoms with Crippen molar-refractivity contribution >= 4 is 27.7 Å². The van der Waals surface area contributed by atoms with Crippen molar-refractivity contribution < 1.29 is 4.79 Å². The number of anilines is 1. The quantitative estimate of drug-likeness (QED) is 0.819. The van der Waals surface area contributed by atoms with Crippen LogP contribution in [0.15, 0.2) is 10.7 Å². The van der Waals surface area contributed by atoms with Gasteiger partial charge in [0, 0.05) is 12.0 Å². The van der Waals surface area contributed by atoms with Crippen LogP contribution in [0.2, 0.25) is 0 Å². The van der Waals surface area contributed by atoms with Gasteiger partial charge in [-0.3, -0.25) is 4.79 Å². The molecule has 6 heteroatoms. The number of carbonyl (C=O) groups is 1. The van der Waals surface area contributed by atoms with E-state index in [4.69, 9.17) is 5.73 Å². The Morgan fingerprint density at radius 2 is 2.31 bits per heavy atom. The molecular weight excluding hydrogens is 272 g/mol. The summed E-state index contributed by atoms with van der Waals surface area (Å²) in [5, 5.41) is 2.95. The fourth-order valence-electron chi connectivity index (χ4n) is 1.33. The number of nitrogens with one attached hydrogen (secondary N) is 1. The zero-order valence-electron chi connectivity index (χ0n) is 8.90. The van der Waals surface area contributed by atoms with Crippen molar-refractivity contribution in [2.75, 3.05) is 5.32 Å². The van der Waals surface area contributed by atoms with E-state index in [-0.39, 0.29) is 0 Å². The Bertz CT molecular complexity index is 419. The first-order chi connectivity index (χ1) is 7.56. The molecule has 1 aromatic heterocycles. The monoisotopic (exact) mass is 284 g/mol. The Balaban J connectivity index is 2.16. The predicted molar refractivity (Wildman–Crippen MR) is 64.0 cm³/mol. The number of hydrogen-bond donors (Lipinski definition) is 2. The molecule has 1 aliphatic carbocycles. The van der Waals surface area contributed by atoms with Crippen molar-refractivity contribution in [3.8, 4) is 0 Å². The van der Waals surface area contributed by atoms with E-state index < -0.39 is 11.9 Å². The molecule has 0 saturated heterocycles. The molecule has 5 nitrogen and oxygen atoms in total. The highest BCUT2D eigenvalue weighted by atomic mass is 79.9. The third-order valence-electron chi connectivity index (χ3n) is 2.45. The van der Waals surface area contributed by atoms with E-state index in [1.165, 1.54) is 0 Å². The molecule has 16 heavy (non-hydrogen) atoms. The number of hydrogen-bond acceptors (Lipinski definition) is 4. The molecule has 1 saturated carbocycles. The third kappa shape index (κ3) is 2.69. The molecule has 3 N–H and O–H groups in total. The van der Waals surface area contributed by atoms with Crippen LogP contribution in [0.5, 0.6) is 0 Å². The van der Waals surface area contributed by atoms with Gasteiger partial charge in [-0.25, -0.2) is 9.97 Å². The van der Waals surface area contributed by atoms with Crippen molar-refractivity contribution in [3.05, 3.63) is 16.5 Å². The molecule has 0 aromatic carbocycles. The van der Waals surface area contributed by atoms with Crippen LogP contribution in [0, 0.1) is 0 Å². The maximum Gasteiger partial charge on any atom is 0.239 e. The van der Waals surface area contributed by atoms with Gasteiger partial charge >= 0.3 is 0 Å². The number of halogens is 1. The minimum atomic E-state index is -0.436. The zero-order valence-corrected chi connectivity index (χ0v) is 10.5. The molecule has 0 bridgehead atoms. The lowest BCUT2D eigenvalue weighted by Crippen LogP contribution is -2.32. The van der Waals surface area contributed by atoms with Gasteiger partial charge in [0.2, 0.25) is 5.91 Å². The average Bonchev–Trinajstić information content (AvgIpc) is 2.99. The van der Waals surface area contributed by atoms with Crippen molar-refractivity contribution in [3.63, 3.8) is 0 Å². The first-order valence-corrected chi connectivity index (χ1v) is 5.96. The maximum atomic E-state index is 10.9. The minimum Gasteiger partial charge on any atom is -0.368 e. The first-order valence-electron chi connectivity index (χ1n) is 5.16. The summed E-state index contributed by atoms with van der Waals surface area (Å²) in [6.07, 6.45) is 2.28. The Morgan fingerprint density at radius 3 is 2.88 bits per heavy atom. The molecule has 1 unspecified atom stereocenters. The normalized spacial score (nSPS) is 16.9. The average molecular weight is 285 g/mol. The van der Waals surface area contributed by atoms with Crippen LogP contribution in [-0.2, 0) is 4.79 Å². The van der Waals surface area contributed by atoms with Gasteiger partial charge in [-0.2, -0.15) is 0 Å². The number of aromatic nitrogens is 2. The summed E-state index contributed by atoms with van der Waals surface area (Å²) in [6, 6.07) is 1.31. The molecular formula is C10H13BrN4O. The summed E-state index contributed by atoms with van der Waals surface area (Å²) in [4.78, 5) is 19.6. The third-order valence-corrected chi connectivity index (χ3v) is 2.85. The van der Waals surface area contributed by atoms with E-state index in [2.05, 4.69) is 31.2 Å². The summed E-state index contributed by atoms with van der Waals surface area (Å²) in [5.74, 6) is 1.54. The Morgan fingerprint density at radius 1 is 1.62 bits per heavy atom. The topological polar surface area (TPSA) is 80.9 Å². The van der Waals surface area contributed by atoms with Crippen LogP contribution < -0.4 is 11.1 Å². The number of carbonyl (C=O) groups excluding carboxylic acids is 1. The summed E-state index contributed by atoms with van der Waals surface area (Å²) >= 11 is 3.33. The molecule has 1 heterocycles. The number of primary amides is 1. The van der Waals surface area contributed by atoms with E-state index in [0.29, 0.717) is 11.7 Å². The fraction of sp³-hybridized carbons (Fsp3) is 0.500. The van der Waals surface area contributed by atoms with Crippen LogP contribution in [0.1, 0.15) is 31.5 Å². The van der Waals surface area contributed by atoms with Crippen LogP contribution in [0.4, 0.5) is 5.82 Å². The van der Waals surface area contributed by atoms with Crippen molar-refractivity contribution in [2.45, 2.75) is 31.7 Å². The van der Waals surface area contributed by atoms with E-state index in [9.17, 15) is 4.79 Å². The molecule has 1 fully saturated rings. The van der Waals surface area contributed by atoms with Crippen molar-refractivity contribution in [1.29, 1.82) is 0 Å². The van der Waals surface area contributed by atoms with Gasteiger partial charge in [-0.1, -0.05) is 0 Å². The molecule has 1 atom stereocenters. The number of rotatable bonds is 4. The van der Waals surface area contributed by atoms with E-state index in [1.807, 2.05) is 0 Å². The Labute approximate surface area is 102 Å². The van der Waals surface area contributed by atoms with E-state index in [0.717, 1.165) is 23.3 Å². The van der Waals surface area contributed by atoms with Crippen LogP contribution in [-0.4, -0.2) is 21.9 Å². The summed E-state index contributed by atoms with van der Waals surface area (Å²) in [6.45, 7) is 1.70. The standard InChI is InChI=1S/C10H13BrN4O/c1-5(9(12)16)13-8-4-7(11)14-10(15-8)6-2-3-6/h4-6H,2-3H2,1H3,(H2,12,16)(H,13,14,15). The lowest BCUT2D eigenvalue weighted by molar-refractivity contribution is -0.118. The molecule has 1 amide bonds. The molecule has 86 valence electrons. The van der Waals surface area contributed by atoms with Gasteiger partial charge in [-0.15, -0.1) is 0 Å². The Hall–Kier alpha value is -1.17. The minimum absolute atomic E-state index is 0.400. The van der Waals surface area contributed by atoms with Gasteiger partial charge in [0.15, 0.2) is 0 Å². The second-order valence-corrected chi connectivity index (χ2v) is 4.79. The summed E-state index contributed by atoms with van der Waals surface area (Å²) in [7, 11) is 0. The number of nitrogens with two attached hydrogens (primary N) is 1. The molecule has 0 aliphatic heterocycles. The van der Waals surface area contributed by atoms with E-state index >= 15 is 0 Å². The SMILES string of the molecule is CC(Nc1cc(Br)nc(C2CC2)n1)C(N)=O. The highest BCUT2D eigenvalue weighted by Gasteiger charge is 2.27. The highest BCUT2D eigenvalue weighted by molar-refractivity contribution is 9.10.